The van der Waals surface area contributed by atoms with Gasteiger partial charge in [-0.1, -0.05) is 6.07 Å². The molecule has 0 bridgehead atoms. The number of aryl methyl sites for hydroxylation is 1. The van der Waals surface area contributed by atoms with Gasteiger partial charge in [-0.05, 0) is 12.1 Å². The molecule has 0 radical (unpaired) electrons. The van der Waals surface area contributed by atoms with Gasteiger partial charge in [-0.15, -0.1) is 0 Å². The van der Waals surface area contributed by atoms with Crippen molar-refractivity contribution in [2.75, 3.05) is 12.4 Å². The molecule has 0 spiro atoms. The number of pyridine rings is 1. The summed E-state index contributed by atoms with van der Waals surface area (Å²) in [7, 11) is 3.04. The summed E-state index contributed by atoms with van der Waals surface area (Å²) in [5.74, 6) is 0.572. The number of anilines is 1. The van der Waals surface area contributed by atoms with Crippen LogP contribution in [0, 0.1) is 10.1 Å². The van der Waals surface area contributed by atoms with Crippen LogP contribution >= 0.6 is 0 Å². The molecule has 0 saturated heterocycles. The molecule has 1 N–H and O–H groups in total. The van der Waals surface area contributed by atoms with Crippen molar-refractivity contribution in [3.05, 3.63) is 61.0 Å². The van der Waals surface area contributed by atoms with E-state index < -0.39 is 21.9 Å². The second kappa shape index (κ2) is 5.57. The van der Waals surface area contributed by atoms with E-state index in [-0.39, 0.29) is 6.54 Å². The fraction of sp³-hybridized carbons (Fsp3) is 0.250. The molecule has 110 valence electrons. The number of rotatable bonds is 4. The summed E-state index contributed by atoms with van der Waals surface area (Å²) >= 11 is 0. The van der Waals surface area contributed by atoms with Crippen molar-refractivity contribution < 1.29 is 4.92 Å². The highest BCUT2D eigenvalue weighted by atomic mass is 16.6. The molecule has 0 saturated carbocycles. The summed E-state index contributed by atoms with van der Waals surface area (Å²) in [4.78, 5) is 38.2. The molecule has 0 aliphatic heterocycles. The highest BCUT2D eigenvalue weighted by Gasteiger charge is 2.19. The van der Waals surface area contributed by atoms with Gasteiger partial charge in [0.2, 0.25) is 0 Å². The van der Waals surface area contributed by atoms with Gasteiger partial charge in [0.25, 0.3) is 0 Å². The molecule has 0 aliphatic carbocycles. The van der Waals surface area contributed by atoms with E-state index >= 15 is 0 Å². The van der Waals surface area contributed by atoms with Gasteiger partial charge in [-0.25, -0.2) is 14.3 Å². The van der Waals surface area contributed by atoms with E-state index in [0.29, 0.717) is 11.5 Å². The first-order valence-corrected chi connectivity index (χ1v) is 6.02. The molecule has 9 heteroatoms. The van der Waals surface area contributed by atoms with E-state index in [1.807, 2.05) is 0 Å². The van der Waals surface area contributed by atoms with Gasteiger partial charge in [0.15, 0.2) is 0 Å². The maximum Gasteiger partial charge on any atom is 0.350 e. The molecular formula is C12H13N5O4. The van der Waals surface area contributed by atoms with Crippen molar-refractivity contribution >= 4 is 11.5 Å². The minimum absolute atomic E-state index is 0.136. The monoisotopic (exact) mass is 291 g/mol. The summed E-state index contributed by atoms with van der Waals surface area (Å²) in [6, 6.07) is 5.06. The Hall–Kier alpha value is -2.97. The van der Waals surface area contributed by atoms with E-state index in [1.165, 1.54) is 7.05 Å². The summed E-state index contributed by atoms with van der Waals surface area (Å²) in [5.41, 5.74) is -1.79. The van der Waals surface area contributed by atoms with Gasteiger partial charge < -0.3 is 5.32 Å². The summed E-state index contributed by atoms with van der Waals surface area (Å²) in [6.07, 6.45) is 0.915. The molecule has 2 heterocycles. The van der Waals surface area contributed by atoms with Crippen LogP contribution in [-0.4, -0.2) is 26.1 Å². The van der Waals surface area contributed by atoms with Crippen molar-refractivity contribution in [1.82, 2.24) is 14.1 Å². The average Bonchev–Trinajstić information content (AvgIpc) is 2.47. The second-order valence-corrected chi connectivity index (χ2v) is 4.32. The molecule has 2 aromatic rings. The molecule has 0 unspecified atom stereocenters. The Morgan fingerprint density at radius 1 is 1.38 bits per heavy atom. The van der Waals surface area contributed by atoms with Crippen molar-refractivity contribution in [3.63, 3.8) is 0 Å². The molecule has 0 amide bonds. The fourth-order valence-corrected chi connectivity index (χ4v) is 1.84. The Labute approximate surface area is 118 Å². The SMILES string of the molecule is CNc1cccc(Cn2c(=O)c([N+](=O)[O-])cn(C)c2=O)n1. The quantitative estimate of drug-likeness (QED) is 0.624. The Kier molecular flexibility index (Phi) is 3.83. The number of nitrogens with zero attached hydrogens (tertiary/aromatic N) is 4. The smallest absolute Gasteiger partial charge is 0.350 e. The topological polar surface area (TPSA) is 112 Å². The summed E-state index contributed by atoms with van der Waals surface area (Å²) in [6.45, 7) is -0.136. The third-order valence-electron chi connectivity index (χ3n) is 2.89. The van der Waals surface area contributed by atoms with Gasteiger partial charge in [-0.3, -0.25) is 19.5 Å². The van der Waals surface area contributed by atoms with Gasteiger partial charge in [0, 0.05) is 14.1 Å². The summed E-state index contributed by atoms with van der Waals surface area (Å²) in [5, 5.41) is 13.7. The second-order valence-electron chi connectivity index (χ2n) is 4.32. The van der Waals surface area contributed by atoms with Crippen LogP contribution in [0.5, 0.6) is 0 Å². The van der Waals surface area contributed by atoms with E-state index in [1.54, 1.807) is 25.2 Å². The third-order valence-corrected chi connectivity index (χ3v) is 2.89. The van der Waals surface area contributed by atoms with E-state index in [2.05, 4.69) is 10.3 Å². The van der Waals surface area contributed by atoms with Gasteiger partial charge >= 0.3 is 16.9 Å². The lowest BCUT2D eigenvalue weighted by Crippen LogP contribution is -2.39. The van der Waals surface area contributed by atoms with Crippen molar-refractivity contribution in [3.8, 4) is 0 Å². The lowest BCUT2D eigenvalue weighted by Gasteiger charge is -2.07. The maximum atomic E-state index is 12.0. The number of hydrogen-bond donors (Lipinski definition) is 1. The highest BCUT2D eigenvalue weighted by Crippen LogP contribution is 2.05. The molecule has 0 fully saturated rings. The molecule has 9 nitrogen and oxygen atoms in total. The average molecular weight is 291 g/mol. The van der Waals surface area contributed by atoms with Crippen LogP contribution in [0.2, 0.25) is 0 Å². The minimum Gasteiger partial charge on any atom is -0.373 e. The number of aromatic nitrogens is 3. The van der Waals surface area contributed by atoms with Gasteiger partial charge in [-0.2, -0.15) is 0 Å². The minimum atomic E-state index is -0.945. The molecule has 0 aliphatic rings. The Balaban J connectivity index is 2.56. The first-order valence-electron chi connectivity index (χ1n) is 6.02. The number of nitro groups is 1. The van der Waals surface area contributed by atoms with E-state index in [0.717, 1.165) is 15.3 Å². The zero-order valence-electron chi connectivity index (χ0n) is 11.4. The Morgan fingerprint density at radius 2 is 2.10 bits per heavy atom. The van der Waals surface area contributed by atoms with E-state index in [4.69, 9.17) is 0 Å². The normalized spacial score (nSPS) is 10.4. The van der Waals surface area contributed by atoms with Gasteiger partial charge in [0.05, 0.1) is 23.4 Å². The molecule has 0 atom stereocenters. The van der Waals surface area contributed by atoms with Crippen molar-refractivity contribution in [1.29, 1.82) is 0 Å². The van der Waals surface area contributed by atoms with Crippen LogP contribution in [0.25, 0.3) is 0 Å². The van der Waals surface area contributed by atoms with Crippen LogP contribution < -0.4 is 16.6 Å². The largest absolute Gasteiger partial charge is 0.373 e. The number of nitrogens with one attached hydrogen (secondary N) is 1. The van der Waals surface area contributed by atoms with Gasteiger partial charge in [0.1, 0.15) is 5.82 Å². The highest BCUT2D eigenvalue weighted by molar-refractivity contribution is 5.34. The summed E-state index contributed by atoms with van der Waals surface area (Å²) < 4.78 is 1.79. The van der Waals surface area contributed by atoms with Crippen LogP contribution in [-0.2, 0) is 13.6 Å². The first-order chi connectivity index (χ1) is 9.93. The molecule has 21 heavy (non-hydrogen) atoms. The maximum absolute atomic E-state index is 12.0. The lowest BCUT2D eigenvalue weighted by atomic mass is 10.3. The third kappa shape index (κ3) is 2.81. The first kappa shape index (κ1) is 14.4. The standard InChI is InChI=1S/C12H13N5O4/c1-13-10-5-3-4-8(14-10)6-16-11(18)9(17(20)21)7-15(2)12(16)19/h3-5,7H,6H2,1-2H3,(H,13,14). The van der Waals surface area contributed by atoms with Crippen LogP contribution in [0.15, 0.2) is 34.0 Å². The fourth-order valence-electron chi connectivity index (χ4n) is 1.84. The lowest BCUT2D eigenvalue weighted by molar-refractivity contribution is -0.387. The predicted molar refractivity (Wildman–Crippen MR) is 75.5 cm³/mol. The Morgan fingerprint density at radius 3 is 2.71 bits per heavy atom. The number of hydrogen-bond acceptors (Lipinski definition) is 6. The molecular weight excluding hydrogens is 278 g/mol. The van der Waals surface area contributed by atoms with Crippen LogP contribution in [0.3, 0.4) is 0 Å². The molecule has 2 rings (SSSR count). The zero-order chi connectivity index (χ0) is 15.6. The predicted octanol–water partition coefficient (Wildman–Crippen LogP) is -0.0598. The zero-order valence-corrected chi connectivity index (χ0v) is 11.4. The van der Waals surface area contributed by atoms with Crippen molar-refractivity contribution in [2.45, 2.75) is 6.54 Å². The molecule has 2 aromatic heterocycles. The van der Waals surface area contributed by atoms with E-state index in [9.17, 15) is 19.7 Å². The van der Waals surface area contributed by atoms with Crippen LogP contribution in [0.4, 0.5) is 11.5 Å². The Bertz CT molecular complexity index is 808. The van der Waals surface area contributed by atoms with Crippen LogP contribution in [0.1, 0.15) is 5.69 Å². The van der Waals surface area contributed by atoms with Crippen molar-refractivity contribution in [2.24, 2.45) is 7.05 Å². The molecule has 0 aromatic carbocycles.